The molecule has 0 unspecified atom stereocenters. The average Bonchev–Trinajstić information content (AvgIpc) is 2.51. The van der Waals surface area contributed by atoms with E-state index in [0.29, 0.717) is 11.5 Å². The molecule has 6 heteroatoms. The fourth-order valence-corrected chi connectivity index (χ4v) is 1.03. The molecule has 0 fully saturated rings. The molecular formula is C7H7N5O. The zero-order valence-electron chi connectivity index (χ0n) is 6.93. The van der Waals surface area contributed by atoms with Gasteiger partial charge in [0.2, 0.25) is 5.91 Å². The number of amides is 1. The molecule has 2 heterocycles. The molecule has 0 aromatic carbocycles. The summed E-state index contributed by atoms with van der Waals surface area (Å²) in [7, 11) is 0. The third-order valence-corrected chi connectivity index (χ3v) is 1.52. The van der Waals surface area contributed by atoms with Crippen LogP contribution in [0.2, 0.25) is 0 Å². The van der Waals surface area contributed by atoms with Gasteiger partial charge in [-0.1, -0.05) is 0 Å². The predicted octanol–water partition coefficient (Wildman–Crippen LogP) is 0.0827. The van der Waals surface area contributed by atoms with E-state index >= 15 is 0 Å². The monoisotopic (exact) mass is 177 g/mol. The molecule has 0 bridgehead atoms. The van der Waals surface area contributed by atoms with Crippen molar-refractivity contribution in [2.75, 3.05) is 5.32 Å². The molecular weight excluding hydrogens is 170 g/mol. The lowest BCUT2D eigenvalue weighted by atomic mass is 10.6. The molecule has 2 aromatic rings. The third kappa shape index (κ3) is 1.33. The van der Waals surface area contributed by atoms with Crippen LogP contribution in [0.5, 0.6) is 0 Å². The van der Waals surface area contributed by atoms with Gasteiger partial charge in [-0.25, -0.2) is 0 Å². The van der Waals surface area contributed by atoms with Gasteiger partial charge >= 0.3 is 0 Å². The van der Waals surface area contributed by atoms with Crippen molar-refractivity contribution >= 4 is 17.4 Å². The van der Waals surface area contributed by atoms with Crippen molar-refractivity contribution in [2.24, 2.45) is 0 Å². The number of anilines is 1. The van der Waals surface area contributed by atoms with Crippen molar-refractivity contribution in [3.05, 3.63) is 18.7 Å². The lowest BCUT2D eigenvalue weighted by Gasteiger charge is -2.02. The zero-order valence-corrected chi connectivity index (χ0v) is 6.93. The van der Waals surface area contributed by atoms with Crippen molar-refractivity contribution < 1.29 is 4.79 Å². The number of nitrogens with zero attached hydrogens (tertiary/aromatic N) is 4. The minimum atomic E-state index is -0.150. The fourth-order valence-electron chi connectivity index (χ4n) is 1.03. The second-order valence-corrected chi connectivity index (χ2v) is 2.53. The lowest BCUT2D eigenvalue weighted by molar-refractivity contribution is -0.114. The molecule has 0 radical (unpaired) electrons. The molecule has 0 aliphatic rings. The van der Waals surface area contributed by atoms with Crippen LogP contribution in [-0.2, 0) is 4.79 Å². The van der Waals surface area contributed by atoms with Crippen LogP contribution >= 0.6 is 0 Å². The van der Waals surface area contributed by atoms with Gasteiger partial charge in [0.1, 0.15) is 12.1 Å². The van der Waals surface area contributed by atoms with E-state index in [-0.39, 0.29) is 5.91 Å². The van der Waals surface area contributed by atoms with Crippen molar-refractivity contribution in [3.63, 3.8) is 0 Å². The Morgan fingerprint density at radius 1 is 1.54 bits per heavy atom. The quantitative estimate of drug-likeness (QED) is 0.669. The van der Waals surface area contributed by atoms with Crippen molar-refractivity contribution in [1.29, 1.82) is 0 Å². The van der Waals surface area contributed by atoms with Gasteiger partial charge in [0.15, 0.2) is 5.65 Å². The summed E-state index contributed by atoms with van der Waals surface area (Å²) < 4.78 is 1.65. The normalized spacial score (nSPS) is 10.2. The highest BCUT2D eigenvalue weighted by atomic mass is 16.1. The van der Waals surface area contributed by atoms with E-state index in [1.54, 1.807) is 10.6 Å². The van der Waals surface area contributed by atoms with Crippen LogP contribution in [0.25, 0.3) is 5.65 Å². The largest absolute Gasteiger partial charge is 0.311 e. The van der Waals surface area contributed by atoms with E-state index in [0.717, 1.165) is 0 Å². The predicted molar refractivity (Wildman–Crippen MR) is 45.1 cm³/mol. The van der Waals surface area contributed by atoms with Crippen LogP contribution in [0.4, 0.5) is 5.82 Å². The molecule has 0 aliphatic heterocycles. The number of carbonyl (C=O) groups is 1. The summed E-state index contributed by atoms with van der Waals surface area (Å²) >= 11 is 0. The van der Waals surface area contributed by atoms with E-state index in [2.05, 4.69) is 20.5 Å². The Morgan fingerprint density at radius 2 is 2.38 bits per heavy atom. The minimum absolute atomic E-state index is 0.150. The van der Waals surface area contributed by atoms with Crippen LogP contribution < -0.4 is 5.32 Å². The van der Waals surface area contributed by atoms with Gasteiger partial charge in [-0.15, -0.1) is 10.2 Å². The highest BCUT2D eigenvalue weighted by Crippen LogP contribution is 2.06. The Morgan fingerprint density at radius 3 is 3.15 bits per heavy atom. The Kier molecular flexibility index (Phi) is 1.66. The number of nitrogens with one attached hydrogen (secondary N) is 1. The molecule has 1 amide bonds. The van der Waals surface area contributed by atoms with Gasteiger partial charge in [0.25, 0.3) is 0 Å². The molecule has 0 aliphatic carbocycles. The number of carbonyl (C=O) groups excluding carboxylic acids is 1. The van der Waals surface area contributed by atoms with Crippen molar-refractivity contribution in [1.82, 2.24) is 19.6 Å². The molecule has 66 valence electrons. The van der Waals surface area contributed by atoms with Crippen LogP contribution in [0.3, 0.4) is 0 Å². The first-order valence-corrected chi connectivity index (χ1v) is 3.69. The highest BCUT2D eigenvalue weighted by Gasteiger charge is 2.02. The second-order valence-electron chi connectivity index (χ2n) is 2.53. The van der Waals surface area contributed by atoms with E-state index in [4.69, 9.17) is 0 Å². The fraction of sp³-hybridized carbons (Fsp3) is 0.143. The Balaban J connectivity index is 2.54. The lowest BCUT2D eigenvalue weighted by Crippen LogP contribution is -2.09. The van der Waals surface area contributed by atoms with Gasteiger partial charge in [0, 0.05) is 6.92 Å². The highest BCUT2D eigenvalue weighted by molar-refractivity contribution is 5.87. The summed E-state index contributed by atoms with van der Waals surface area (Å²) in [6, 6.07) is 0. The summed E-state index contributed by atoms with van der Waals surface area (Å²) in [5.41, 5.74) is 0.603. The second kappa shape index (κ2) is 2.81. The van der Waals surface area contributed by atoms with E-state index in [1.165, 1.54) is 19.4 Å². The number of fused-ring (bicyclic) bond motifs is 1. The van der Waals surface area contributed by atoms with Crippen molar-refractivity contribution in [3.8, 4) is 0 Å². The molecule has 0 saturated carbocycles. The molecule has 2 aromatic heterocycles. The van der Waals surface area contributed by atoms with Crippen LogP contribution in [-0.4, -0.2) is 25.5 Å². The van der Waals surface area contributed by atoms with Crippen molar-refractivity contribution in [2.45, 2.75) is 6.92 Å². The van der Waals surface area contributed by atoms with Gasteiger partial charge in [-0.05, 0) is 0 Å². The topological polar surface area (TPSA) is 72.2 Å². The van der Waals surface area contributed by atoms with E-state index in [9.17, 15) is 4.79 Å². The first-order chi connectivity index (χ1) is 6.27. The van der Waals surface area contributed by atoms with Crippen LogP contribution in [0, 0.1) is 0 Å². The third-order valence-electron chi connectivity index (χ3n) is 1.52. The summed E-state index contributed by atoms with van der Waals surface area (Å²) in [5, 5.41) is 10.1. The Labute approximate surface area is 73.6 Å². The number of rotatable bonds is 1. The number of aromatic nitrogens is 4. The Bertz CT molecular complexity index is 449. The maximum absolute atomic E-state index is 10.8. The molecule has 13 heavy (non-hydrogen) atoms. The van der Waals surface area contributed by atoms with Gasteiger partial charge in [-0.3, -0.25) is 14.2 Å². The molecule has 2 rings (SSSR count). The average molecular weight is 177 g/mol. The maximum atomic E-state index is 10.8. The van der Waals surface area contributed by atoms with Gasteiger partial charge in [-0.2, -0.15) is 0 Å². The van der Waals surface area contributed by atoms with E-state index in [1.807, 2.05) is 0 Å². The van der Waals surface area contributed by atoms with Crippen LogP contribution in [0.15, 0.2) is 18.7 Å². The first-order valence-electron chi connectivity index (χ1n) is 3.69. The van der Waals surface area contributed by atoms with E-state index < -0.39 is 0 Å². The summed E-state index contributed by atoms with van der Waals surface area (Å²) in [6.45, 7) is 1.43. The molecule has 0 spiro atoms. The SMILES string of the molecule is CC(=O)Nc1cncc2nncn12. The minimum Gasteiger partial charge on any atom is -0.311 e. The van der Waals surface area contributed by atoms with Gasteiger partial charge < -0.3 is 5.32 Å². The maximum Gasteiger partial charge on any atom is 0.222 e. The standard InChI is InChI=1S/C7H7N5O/c1-5(13)10-6-2-8-3-7-11-9-4-12(6)7/h2-4H,1H3,(H,10,13). The Hall–Kier alpha value is -1.98. The smallest absolute Gasteiger partial charge is 0.222 e. The summed E-state index contributed by atoms with van der Waals surface area (Å²) in [5.74, 6) is 0.415. The molecule has 0 saturated heterocycles. The first kappa shape index (κ1) is 7.66. The zero-order chi connectivity index (χ0) is 9.26. The summed E-state index contributed by atoms with van der Waals surface area (Å²) in [6.07, 6.45) is 4.62. The van der Waals surface area contributed by atoms with Gasteiger partial charge in [0.05, 0.1) is 12.4 Å². The molecule has 1 N–H and O–H groups in total. The number of hydrogen-bond acceptors (Lipinski definition) is 4. The van der Waals surface area contributed by atoms with Crippen LogP contribution in [0.1, 0.15) is 6.92 Å². The number of hydrogen-bond donors (Lipinski definition) is 1. The molecule has 6 nitrogen and oxygen atoms in total. The summed E-state index contributed by atoms with van der Waals surface area (Å²) in [4.78, 5) is 14.7. The molecule has 0 atom stereocenters.